The molecule has 2 unspecified atom stereocenters. The third-order valence-electron chi connectivity index (χ3n) is 7.76. The van der Waals surface area contributed by atoms with Gasteiger partial charge in [0, 0.05) is 23.9 Å². The van der Waals surface area contributed by atoms with Crippen molar-refractivity contribution in [3.05, 3.63) is 53.1 Å². The first kappa shape index (κ1) is 32.4. The van der Waals surface area contributed by atoms with Crippen LogP contribution in [0.4, 0.5) is 0 Å². The average molecular weight is 587 g/mol. The molecular formula is C32H46N2O4S2. The maximum Gasteiger partial charge on any atom is 0.326 e. The van der Waals surface area contributed by atoms with Crippen LogP contribution in [-0.4, -0.2) is 59.7 Å². The van der Waals surface area contributed by atoms with E-state index in [2.05, 4.69) is 17.6 Å². The number of carboxylic acid groups (broad SMARTS) is 1. The van der Waals surface area contributed by atoms with Crippen LogP contribution in [0.25, 0.3) is 11.1 Å². The second-order valence-corrected chi connectivity index (χ2v) is 13.0. The lowest BCUT2D eigenvalue weighted by Crippen LogP contribution is -2.41. The third-order valence-corrected chi connectivity index (χ3v) is 9.45. The topological polar surface area (TPSA) is 87.7 Å². The van der Waals surface area contributed by atoms with Crippen molar-refractivity contribution in [2.75, 3.05) is 30.6 Å². The molecule has 1 fully saturated rings. The molecule has 3 rings (SSSR count). The fourth-order valence-corrected chi connectivity index (χ4v) is 6.76. The number of hydrogen-bond donors (Lipinski definition) is 3. The van der Waals surface area contributed by atoms with Gasteiger partial charge in [-0.25, -0.2) is 4.79 Å². The molecule has 40 heavy (non-hydrogen) atoms. The summed E-state index contributed by atoms with van der Waals surface area (Å²) in [5.74, 6) is 2.81. The summed E-state index contributed by atoms with van der Waals surface area (Å²) in [6, 6.07) is 11.3. The van der Waals surface area contributed by atoms with Crippen LogP contribution in [0.1, 0.15) is 73.4 Å². The normalized spacial score (nSPS) is 15.4. The summed E-state index contributed by atoms with van der Waals surface area (Å²) in [5.41, 5.74) is 4.20. The Morgan fingerprint density at radius 3 is 2.52 bits per heavy atom. The molecule has 1 aliphatic rings. The number of carboxylic acids is 1. The Morgan fingerprint density at radius 1 is 1.12 bits per heavy atom. The smallest absolute Gasteiger partial charge is 0.326 e. The number of ether oxygens (including phenoxy) is 1. The zero-order valence-electron chi connectivity index (χ0n) is 24.5. The first-order valence-corrected chi connectivity index (χ1v) is 17.0. The van der Waals surface area contributed by atoms with Gasteiger partial charge in [0.1, 0.15) is 11.8 Å². The number of methoxy groups -OCH3 is 1. The van der Waals surface area contributed by atoms with E-state index in [1.165, 1.54) is 38.5 Å². The SMILES string of the molecule is CCSCC(CC1CCCCC1)NCc1cc(-c2ccccc2C)c(C(=O)NC(CCSC)C(=O)O)cc1OC. The summed E-state index contributed by atoms with van der Waals surface area (Å²) in [5, 5.41) is 16.3. The van der Waals surface area contributed by atoms with Gasteiger partial charge < -0.3 is 20.5 Å². The first-order chi connectivity index (χ1) is 19.4. The van der Waals surface area contributed by atoms with Crippen LogP contribution in [-0.2, 0) is 11.3 Å². The van der Waals surface area contributed by atoms with E-state index in [1.807, 2.05) is 55.3 Å². The van der Waals surface area contributed by atoms with Crippen molar-refractivity contribution in [3.8, 4) is 16.9 Å². The monoisotopic (exact) mass is 586 g/mol. The number of hydrogen-bond acceptors (Lipinski definition) is 6. The molecule has 2 atom stereocenters. The average Bonchev–Trinajstić information content (AvgIpc) is 2.96. The Bertz CT molecular complexity index is 1100. The molecule has 2 aromatic rings. The number of amides is 1. The lowest BCUT2D eigenvalue weighted by Gasteiger charge is -2.27. The Balaban J connectivity index is 1.92. The Hall–Kier alpha value is -2.16. The van der Waals surface area contributed by atoms with Gasteiger partial charge >= 0.3 is 5.97 Å². The largest absolute Gasteiger partial charge is 0.496 e. The van der Waals surface area contributed by atoms with Gasteiger partial charge in [-0.2, -0.15) is 23.5 Å². The van der Waals surface area contributed by atoms with Gasteiger partial charge in [0.15, 0.2) is 0 Å². The van der Waals surface area contributed by atoms with Crippen molar-refractivity contribution in [1.82, 2.24) is 10.6 Å². The van der Waals surface area contributed by atoms with Gasteiger partial charge in [-0.3, -0.25) is 4.79 Å². The number of rotatable bonds is 16. The number of thioether (sulfide) groups is 2. The van der Waals surface area contributed by atoms with Crippen LogP contribution < -0.4 is 15.4 Å². The number of aryl methyl sites for hydroxylation is 1. The van der Waals surface area contributed by atoms with Gasteiger partial charge in [-0.15, -0.1) is 0 Å². The van der Waals surface area contributed by atoms with E-state index in [0.29, 0.717) is 36.1 Å². The fraction of sp³-hybridized carbons (Fsp3) is 0.562. The highest BCUT2D eigenvalue weighted by Crippen LogP contribution is 2.34. The lowest BCUT2D eigenvalue weighted by atomic mass is 9.85. The summed E-state index contributed by atoms with van der Waals surface area (Å²) in [6.07, 6.45) is 10.2. The molecule has 0 aliphatic heterocycles. The predicted octanol–water partition coefficient (Wildman–Crippen LogP) is 6.79. The van der Waals surface area contributed by atoms with Gasteiger partial charge in [0.2, 0.25) is 0 Å². The Morgan fingerprint density at radius 2 is 1.88 bits per heavy atom. The van der Waals surface area contributed by atoms with E-state index < -0.39 is 17.9 Å². The van der Waals surface area contributed by atoms with Crippen molar-refractivity contribution < 1.29 is 19.4 Å². The summed E-state index contributed by atoms with van der Waals surface area (Å²) in [4.78, 5) is 25.4. The molecule has 3 N–H and O–H groups in total. The van der Waals surface area contributed by atoms with Crippen LogP contribution in [0.3, 0.4) is 0 Å². The molecular weight excluding hydrogens is 540 g/mol. The Labute approximate surface area is 248 Å². The highest BCUT2D eigenvalue weighted by molar-refractivity contribution is 7.99. The third kappa shape index (κ3) is 9.45. The molecule has 6 nitrogen and oxygen atoms in total. The van der Waals surface area contributed by atoms with E-state index in [0.717, 1.165) is 39.7 Å². The molecule has 1 amide bonds. The highest BCUT2D eigenvalue weighted by atomic mass is 32.2. The van der Waals surface area contributed by atoms with Crippen LogP contribution in [0.5, 0.6) is 5.75 Å². The second kappa shape index (κ2) is 16.9. The minimum absolute atomic E-state index is 0.360. The number of carbonyl (C=O) groups is 2. The van der Waals surface area contributed by atoms with Crippen LogP contribution >= 0.6 is 23.5 Å². The predicted molar refractivity (Wildman–Crippen MR) is 170 cm³/mol. The van der Waals surface area contributed by atoms with E-state index in [-0.39, 0.29) is 0 Å². The van der Waals surface area contributed by atoms with Gasteiger partial charge in [0.05, 0.1) is 12.7 Å². The van der Waals surface area contributed by atoms with Gasteiger partial charge in [-0.1, -0.05) is 63.3 Å². The van der Waals surface area contributed by atoms with Gasteiger partial charge in [-0.05, 0) is 72.3 Å². The fourth-order valence-electron chi connectivity index (χ4n) is 5.52. The van der Waals surface area contributed by atoms with Crippen LogP contribution in [0, 0.1) is 12.8 Å². The Kier molecular flexibility index (Phi) is 13.7. The van der Waals surface area contributed by atoms with Crippen molar-refractivity contribution in [2.45, 2.75) is 77.4 Å². The summed E-state index contributed by atoms with van der Waals surface area (Å²) in [6.45, 7) is 4.87. The van der Waals surface area contributed by atoms with E-state index in [1.54, 1.807) is 24.9 Å². The van der Waals surface area contributed by atoms with Crippen molar-refractivity contribution in [1.29, 1.82) is 0 Å². The molecule has 2 aromatic carbocycles. The first-order valence-electron chi connectivity index (χ1n) is 14.5. The van der Waals surface area contributed by atoms with E-state index >= 15 is 0 Å². The highest BCUT2D eigenvalue weighted by Gasteiger charge is 2.25. The summed E-state index contributed by atoms with van der Waals surface area (Å²) < 4.78 is 5.79. The quantitative estimate of drug-likeness (QED) is 0.200. The standard InChI is InChI=1S/C32H46N2O4S2/c1-5-40-21-25(17-23-12-7-6-8-13-23)33-20-24-18-27(26-14-10-9-11-22(26)2)28(19-30(24)38-3)31(35)34-29(32(36)37)15-16-39-4/h9-11,14,18-19,23,25,29,33H,5-8,12-13,15-17,20-21H2,1-4H3,(H,34,35)(H,36,37). The molecule has 0 aromatic heterocycles. The minimum Gasteiger partial charge on any atom is -0.496 e. The lowest BCUT2D eigenvalue weighted by molar-refractivity contribution is -0.139. The second-order valence-electron chi connectivity index (χ2n) is 10.6. The number of aliphatic carboxylic acids is 1. The zero-order valence-corrected chi connectivity index (χ0v) is 26.1. The molecule has 0 radical (unpaired) electrons. The number of nitrogens with one attached hydrogen (secondary N) is 2. The molecule has 0 spiro atoms. The molecule has 8 heteroatoms. The van der Waals surface area contributed by atoms with E-state index in [4.69, 9.17) is 4.74 Å². The molecule has 0 saturated heterocycles. The van der Waals surface area contributed by atoms with Crippen molar-refractivity contribution in [3.63, 3.8) is 0 Å². The van der Waals surface area contributed by atoms with E-state index in [9.17, 15) is 14.7 Å². The maximum atomic E-state index is 13.6. The van der Waals surface area contributed by atoms with Gasteiger partial charge in [0.25, 0.3) is 5.91 Å². The van der Waals surface area contributed by atoms with Crippen molar-refractivity contribution >= 4 is 35.4 Å². The molecule has 0 heterocycles. The number of carbonyl (C=O) groups excluding carboxylic acids is 1. The summed E-state index contributed by atoms with van der Waals surface area (Å²) in [7, 11) is 1.62. The van der Waals surface area contributed by atoms with Crippen molar-refractivity contribution in [2.24, 2.45) is 5.92 Å². The summed E-state index contributed by atoms with van der Waals surface area (Å²) >= 11 is 3.54. The maximum absolute atomic E-state index is 13.6. The molecule has 0 bridgehead atoms. The van der Waals surface area contributed by atoms with Crippen LogP contribution in [0.15, 0.2) is 36.4 Å². The van der Waals surface area contributed by atoms with Crippen LogP contribution in [0.2, 0.25) is 0 Å². The minimum atomic E-state index is -1.03. The molecule has 1 aliphatic carbocycles. The molecule has 1 saturated carbocycles. The number of benzene rings is 2. The zero-order chi connectivity index (χ0) is 28.9. The molecule has 220 valence electrons.